The van der Waals surface area contributed by atoms with Gasteiger partial charge in [-0.2, -0.15) is 0 Å². The number of hydrogen-bond donors (Lipinski definition) is 1. The van der Waals surface area contributed by atoms with E-state index in [9.17, 15) is 5.11 Å². The number of ether oxygens (including phenoxy) is 1. The van der Waals surface area contributed by atoms with Crippen LogP contribution in [-0.2, 0) is 0 Å². The summed E-state index contributed by atoms with van der Waals surface area (Å²) in [6, 6.07) is 15.4. The van der Waals surface area contributed by atoms with E-state index in [-0.39, 0.29) is 5.75 Å². The molecule has 0 atom stereocenters. The van der Waals surface area contributed by atoms with Crippen molar-refractivity contribution in [1.82, 2.24) is 0 Å². The smallest absolute Gasteiger partial charge is 0.168 e. The van der Waals surface area contributed by atoms with Crippen molar-refractivity contribution >= 4 is 0 Å². The maximum atomic E-state index is 9.93. The SMILES string of the molecule is CCCCOc1c(O)cccc1-c1ccccc1. The van der Waals surface area contributed by atoms with Crippen LogP contribution in [0, 0.1) is 0 Å². The largest absolute Gasteiger partial charge is 0.504 e. The zero-order valence-electron chi connectivity index (χ0n) is 10.6. The van der Waals surface area contributed by atoms with Crippen LogP contribution in [0.3, 0.4) is 0 Å². The minimum Gasteiger partial charge on any atom is -0.504 e. The van der Waals surface area contributed by atoms with E-state index in [2.05, 4.69) is 6.92 Å². The zero-order valence-corrected chi connectivity index (χ0v) is 10.6. The Morgan fingerprint density at radius 2 is 1.78 bits per heavy atom. The van der Waals surface area contributed by atoms with Gasteiger partial charge >= 0.3 is 0 Å². The fraction of sp³-hybridized carbons (Fsp3) is 0.250. The Morgan fingerprint density at radius 1 is 1.00 bits per heavy atom. The monoisotopic (exact) mass is 242 g/mol. The van der Waals surface area contributed by atoms with Gasteiger partial charge in [0.15, 0.2) is 11.5 Å². The van der Waals surface area contributed by atoms with E-state index in [0.717, 1.165) is 24.0 Å². The summed E-state index contributed by atoms with van der Waals surface area (Å²) in [5.74, 6) is 0.782. The van der Waals surface area contributed by atoms with E-state index in [1.54, 1.807) is 6.07 Å². The average Bonchev–Trinajstić information content (AvgIpc) is 2.42. The van der Waals surface area contributed by atoms with Gasteiger partial charge in [-0.25, -0.2) is 0 Å². The first-order valence-electron chi connectivity index (χ1n) is 6.33. The summed E-state index contributed by atoms with van der Waals surface area (Å²) in [5, 5.41) is 9.93. The third-order valence-corrected chi connectivity index (χ3v) is 2.82. The predicted octanol–water partition coefficient (Wildman–Crippen LogP) is 4.24. The van der Waals surface area contributed by atoms with Crippen molar-refractivity contribution in [1.29, 1.82) is 0 Å². The van der Waals surface area contributed by atoms with Crippen LogP contribution in [0.4, 0.5) is 0 Å². The van der Waals surface area contributed by atoms with Gasteiger partial charge in [0.25, 0.3) is 0 Å². The molecule has 2 aromatic rings. The van der Waals surface area contributed by atoms with E-state index in [0.29, 0.717) is 12.4 Å². The normalized spacial score (nSPS) is 10.3. The standard InChI is InChI=1S/C16H18O2/c1-2-3-12-18-16-14(10-7-11-15(16)17)13-8-5-4-6-9-13/h4-11,17H,2-3,12H2,1H3. The maximum absolute atomic E-state index is 9.93. The summed E-state index contributed by atoms with van der Waals surface area (Å²) < 4.78 is 5.71. The Hall–Kier alpha value is -1.96. The van der Waals surface area contributed by atoms with E-state index < -0.39 is 0 Å². The van der Waals surface area contributed by atoms with Gasteiger partial charge in [0.05, 0.1) is 6.61 Å². The van der Waals surface area contributed by atoms with Crippen molar-refractivity contribution in [2.45, 2.75) is 19.8 Å². The highest BCUT2D eigenvalue weighted by Gasteiger charge is 2.10. The molecule has 0 amide bonds. The molecule has 1 N–H and O–H groups in total. The molecule has 0 saturated heterocycles. The molecule has 2 aromatic carbocycles. The first-order valence-corrected chi connectivity index (χ1v) is 6.33. The summed E-state index contributed by atoms with van der Waals surface area (Å²) in [5.41, 5.74) is 1.99. The molecule has 0 heterocycles. The first-order chi connectivity index (χ1) is 8.83. The van der Waals surface area contributed by atoms with Crippen LogP contribution in [-0.4, -0.2) is 11.7 Å². The number of aromatic hydroxyl groups is 1. The van der Waals surface area contributed by atoms with Gasteiger partial charge in [-0.1, -0.05) is 55.8 Å². The molecule has 94 valence electrons. The van der Waals surface area contributed by atoms with Crippen molar-refractivity contribution in [3.63, 3.8) is 0 Å². The summed E-state index contributed by atoms with van der Waals surface area (Å²) in [6.07, 6.45) is 2.07. The number of hydrogen-bond acceptors (Lipinski definition) is 2. The molecular weight excluding hydrogens is 224 g/mol. The molecule has 0 fully saturated rings. The molecule has 2 nitrogen and oxygen atoms in total. The van der Waals surface area contributed by atoms with E-state index in [1.807, 2.05) is 42.5 Å². The topological polar surface area (TPSA) is 29.5 Å². The summed E-state index contributed by atoms with van der Waals surface area (Å²) in [6.45, 7) is 2.75. The third kappa shape index (κ3) is 2.83. The molecule has 0 spiro atoms. The van der Waals surface area contributed by atoms with Crippen LogP contribution < -0.4 is 4.74 Å². The second kappa shape index (κ2) is 6.10. The lowest BCUT2D eigenvalue weighted by Crippen LogP contribution is -1.98. The van der Waals surface area contributed by atoms with Gasteiger partial charge < -0.3 is 9.84 Å². The molecule has 0 aliphatic rings. The lowest BCUT2D eigenvalue weighted by molar-refractivity contribution is 0.294. The van der Waals surface area contributed by atoms with Crippen molar-refractivity contribution in [3.8, 4) is 22.6 Å². The molecule has 18 heavy (non-hydrogen) atoms. The number of phenolic OH excluding ortho intramolecular Hbond substituents is 1. The molecule has 0 radical (unpaired) electrons. The summed E-state index contributed by atoms with van der Waals surface area (Å²) in [4.78, 5) is 0. The van der Waals surface area contributed by atoms with Crippen LogP contribution in [0.1, 0.15) is 19.8 Å². The quantitative estimate of drug-likeness (QED) is 0.795. The van der Waals surface area contributed by atoms with Crippen molar-refractivity contribution in [3.05, 3.63) is 48.5 Å². The lowest BCUT2D eigenvalue weighted by atomic mass is 10.0. The molecule has 0 aliphatic carbocycles. The van der Waals surface area contributed by atoms with Gasteiger partial charge in [-0.05, 0) is 18.1 Å². The van der Waals surface area contributed by atoms with Crippen LogP contribution in [0.2, 0.25) is 0 Å². The minimum absolute atomic E-state index is 0.201. The molecule has 0 aliphatic heterocycles. The Labute approximate surface area is 108 Å². The first kappa shape index (κ1) is 12.5. The van der Waals surface area contributed by atoms with Crippen molar-refractivity contribution < 1.29 is 9.84 Å². The highest BCUT2D eigenvalue weighted by molar-refractivity contribution is 5.73. The fourth-order valence-corrected chi connectivity index (χ4v) is 1.84. The Morgan fingerprint density at radius 3 is 2.50 bits per heavy atom. The van der Waals surface area contributed by atoms with Crippen LogP contribution in [0.25, 0.3) is 11.1 Å². The van der Waals surface area contributed by atoms with E-state index in [1.165, 1.54) is 0 Å². The van der Waals surface area contributed by atoms with Gasteiger partial charge in [0, 0.05) is 5.56 Å². The molecule has 0 aromatic heterocycles. The lowest BCUT2D eigenvalue weighted by Gasteiger charge is -2.13. The minimum atomic E-state index is 0.201. The van der Waals surface area contributed by atoms with Gasteiger partial charge in [-0.3, -0.25) is 0 Å². The van der Waals surface area contributed by atoms with Crippen LogP contribution in [0.15, 0.2) is 48.5 Å². The highest BCUT2D eigenvalue weighted by atomic mass is 16.5. The second-order valence-electron chi connectivity index (χ2n) is 4.22. The number of rotatable bonds is 5. The van der Waals surface area contributed by atoms with E-state index >= 15 is 0 Å². The number of phenols is 1. The Balaban J connectivity index is 2.32. The Kier molecular flexibility index (Phi) is 4.24. The van der Waals surface area contributed by atoms with Crippen LogP contribution in [0.5, 0.6) is 11.5 Å². The predicted molar refractivity (Wildman–Crippen MR) is 73.9 cm³/mol. The van der Waals surface area contributed by atoms with Crippen molar-refractivity contribution in [2.24, 2.45) is 0 Å². The summed E-state index contributed by atoms with van der Waals surface area (Å²) in [7, 11) is 0. The molecule has 2 heteroatoms. The fourth-order valence-electron chi connectivity index (χ4n) is 1.84. The maximum Gasteiger partial charge on any atom is 0.168 e. The van der Waals surface area contributed by atoms with E-state index in [4.69, 9.17) is 4.74 Å². The number of unbranched alkanes of at least 4 members (excludes halogenated alkanes) is 1. The third-order valence-electron chi connectivity index (χ3n) is 2.82. The van der Waals surface area contributed by atoms with Gasteiger partial charge in [-0.15, -0.1) is 0 Å². The van der Waals surface area contributed by atoms with Gasteiger partial charge in [0.2, 0.25) is 0 Å². The average molecular weight is 242 g/mol. The van der Waals surface area contributed by atoms with Gasteiger partial charge in [0.1, 0.15) is 0 Å². The molecule has 0 saturated carbocycles. The molecule has 0 unspecified atom stereocenters. The second-order valence-corrected chi connectivity index (χ2v) is 4.22. The molecule has 0 bridgehead atoms. The number of benzene rings is 2. The van der Waals surface area contributed by atoms with Crippen molar-refractivity contribution in [2.75, 3.05) is 6.61 Å². The Bertz CT molecular complexity index is 492. The summed E-state index contributed by atoms with van der Waals surface area (Å²) >= 11 is 0. The molecular formula is C16H18O2. The number of para-hydroxylation sites is 1. The highest BCUT2D eigenvalue weighted by Crippen LogP contribution is 2.37. The molecule has 2 rings (SSSR count). The van der Waals surface area contributed by atoms with Crippen LogP contribution >= 0.6 is 0 Å². The zero-order chi connectivity index (χ0) is 12.8.